The number of pyridine rings is 3. The van der Waals surface area contributed by atoms with Crippen LogP contribution in [0.1, 0.15) is 11.3 Å². The lowest BCUT2D eigenvalue weighted by Crippen LogP contribution is -2.00. The van der Waals surface area contributed by atoms with Gasteiger partial charge in [0, 0.05) is 51.1 Å². The fourth-order valence-electron chi connectivity index (χ4n) is 5.81. The van der Waals surface area contributed by atoms with Gasteiger partial charge in [0.1, 0.15) is 0 Å². The molecule has 0 bridgehead atoms. The summed E-state index contributed by atoms with van der Waals surface area (Å²) in [4.78, 5) is 28.6. The zero-order chi connectivity index (χ0) is 31.0. The van der Waals surface area contributed by atoms with Crippen LogP contribution >= 0.6 is 0 Å². The van der Waals surface area contributed by atoms with Gasteiger partial charge in [0.2, 0.25) is 0 Å². The van der Waals surface area contributed by atoms with E-state index >= 15 is 0 Å². The maximum atomic E-state index is 5.14. The highest BCUT2D eigenvalue weighted by molar-refractivity contribution is 6.04. The van der Waals surface area contributed by atoms with Crippen LogP contribution in [-0.2, 0) is 0 Å². The van der Waals surface area contributed by atoms with E-state index in [-0.39, 0.29) is 0 Å². The van der Waals surface area contributed by atoms with Gasteiger partial charge in [0.05, 0.1) is 16.7 Å². The topological polar surface area (TPSA) is 77.3 Å². The Morgan fingerprint density at radius 1 is 0.413 bits per heavy atom. The summed E-state index contributed by atoms with van der Waals surface area (Å²) in [5.74, 6) is 1.86. The van der Waals surface area contributed by atoms with Gasteiger partial charge >= 0.3 is 0 Å². The molecule has 0 spiro atoms. The fraction of sp³-hybridized carbons (Fsp3) is 0.0500. The third kappa shape index (κ3) is 5.16. The summed E-state index contributed by atoms with van der Waals surface area (Å²) in [5, 5.41) is 2.22. The van der Waals surface area contributed by atoms with E-state index in [1.807, 2.05) is 55.5 Å². The van der Waals surface area contributed by atoms with Crippen LogP contribution in [0.4, 0.5) is 0 Å². The number of aromatic nitrogens is 6. The van der Waals surface area contributed by atoms with E-state index in [2.05, 4.69) is 84.7 Å². The fourth-order valence-corrected chi connectivity index (χ4v) is 5.81. The van der Waals surface area contributed by atoms with E-state index in [1.165, 1.54) is 5.56 Å². The van der Waals surface area contributed by atoms with Crippen molar-refractivity contribution < 1.29 is 0 Å². The van der Waals surface area contributed by atoms with Gasteiger partial charge in [-0.2, -0.15) is 0 Å². The molecule has 0 N–H and O–H groups in total. The highest BCUT2D eigenvalue weighted by Gasteiger charge is 2.14. The van der Waals surface area contributed by atoms with E-state index < -0.39 is 0 Å². The number of rotatable bonds is 5. The SMILES string of the molecule is Cc1ccc2ccc3c(C)cc(-c4cccc(-c5ccc(-c6nc(-c7ccccc7)nc(-c7ccncc7)n6)cc5)c4)nc3c2n1. The monoisotopic (exact) mass is 592 g/mol. The van der Waals surface area contributed by atoms with Crippen molar-refractivity contribution in [2.45, 2.75) is 13.8 Å². The zero-order valence-electron chi connectivity index (χ0n) is 25.4. The lowest BCUT2D eigenvalue weighted by atomic mass is 9.98. The molecule has 6 nitrogen and oxygen atoms in total. The minimum absolute atomic E-state index is 0.611. The summed E-state index contributed by atoms with van der Waals surface area (Å²) in [6, 6.07) is 41.3. The van der Waals surface area contributed by atoms with Crippen LogP contribution in [0.15, 0.2) is 134 Å². The van der Waals surface area contributed by atoms with Crippen LogP contribution in [0.5, 0.6) is 0 Å². The van der Waals surface area contributed by atoms with Crippen molar-refractivity contribution in [3.8, 4) is 56.5 Å². The van der Waals surface area contributed by atoms with Gasteiger partial charge in [-0.15, -0.1) is 0 Å². The molecular formula is C40H28N6. The summed E-state index contributed by atoms with van der Waals surface area (Å²) >= 11 is 0. The molecule has 0 aliphatic rings. The quantitative estimate of drug-likeness (QED) is 0.185. The molecule has 4 aromatic carbocycles. The van der Waals surface area contributed by atoms with Gasteiger partial charge in [-0.25, -0.2) is 19.9 Å². The molecule has 6 heteroatoms. The molecule has 0 atom stereocenters. The number of benzene rings is 4. The predicted molar refractivity (Wildman–Crippen MR) is 185 cm³/mol. The van der Waals surface area contributed by atoms with Crippen LogP contribution < -0.4 is 0 Å². The third-order valence-electron chi connectivity index (χ3n) is 8.23. The number of hydrogen-bond donors (Lipinski definition) is 0. The highest BCUT2D eigenvalue weighted by atomic mass is 15.0. The first-order valence-electron chi connectivity index (χ1n) is 15.2. The zero-order valence-corrected chi connectivity index (χ0v) is 25.4. The Morgan fingerprint density at radius 3 is 1.76 bits per heavy atom. The minimum Gasteiger partial charge on any atom is -0.265 e. The highest BCUT2D eigenvalue weighted by Crippen LogP contribution is 2.32. The molecule has 0 saturated carbocycles. The minimum atomic E-state index is 0.611. The second-order valence-corrected chi connectivity index (χ2v) is 11.4. The molecule has 8 aromatic rings. The van der Waals surface area contributed by atoms with Gasteiger partial charge in [-0.3, -0.25) is 9.97 Å². The second kappa shape index (κ2) is 11.4. The Hall–Kier alpha value is -6.14. The van der Waals surface area contributed by atoms with Crippen LogP contribution in [0, 0.1) is 13.8 Å². The Morgan fingerprint density at radius 2 is 1.02 bits per heavy atom. The van der Waals surface area contributed by atoms with Crippen molar-refractivity contribution in [2.75, 3.05) is 0 Å². The molecule has 0 fully saturated rings. The summed E-state index contributed by atoms with van der Waals surface area (Å²) < 4.78 is 0. The molecule has 46 heavy (non-hydrogen) atoms. The first-order valence-corrected chi connectivity index (χ1v) is 15.2. The summed E-state index contributed by atoms with van der Waals surface area (Å²) in [6.45, 7) is 4.16. The first kappa shape index (κ1) is 27.4. The summed E-state index contributed by atoms with van der Waals surface area (Å²) in [7, 11) is 0. The molecule has 4 heterocycles. The molecular weight excluding hydrogens is 564 g/mol. The molecule has 0 saturated heterocycles. The van der Waals surface area contributed by atoms with E-state index in [0.717, 1.165) is 66.6 Å². The van der Waals surface area contributed by atoms with E-state index in [4.69, 9.17) is 24.9 Å². The Labute approximate surface area is 266 Å². The Balaban J connectivity index is 1.17. The van der Waals surface area contributed by atoms with Crippen molar-refractivity contribution >= 4 is 21.8 Å². The lowest BCUT2D eigenvalue weighted by molar-refractivity contribution is 1.07. The average Bonchev–Trinajstić information content (AvgIpc) is 3.12. The van der Waals surface area contributed by atoms with Crippen molar-refractivity contribution in [3.63, 3.8) is 0 Å². The molecule has 0 aliphatic carbocycles. The van der Waals surface area contributed by atoms with Gasteiger partial charge < -0.3 is 0 Å². The molecule has 0 radical (unpaired) electrons. The Bertz CT molecular complexity index is 2310. The van der Waals surface area contributed by atoms with Crippen molar-refractivity contribution in [3.05, 3.63) is 145 Å². The molecule has 0 aliphatic heterocycles. The standard InChI is InChI=1S/C40H28N6/c1-25-23-35(43-37-34(25)18-17-28-12-11-26(2)42-36(28)37)33-10-6-9-32(24-33)27-13-15-30(16-14-27)39-44-38(29-7-4-3-5-8-29)45-40(46-39)31-19-21-41-22-20-31/h3-24H,1-2H3. The van der Waals surface area contributed by atoms with Crippen LogP contribution in [0.25, 0.3) is 78.4 Å². The van der Waals surface area contributed by atoms with Gasteiger partial charge in [-0.05, 0) is 60.9 Å². The average molecular weight is 593 g/mol. The van der Waals surface area contributed by atoms with Crippen LogP contribution in [0.3, 0.4) is 0 Å². The number of fused-ring (bicyclic) bond motifs is 3. The van der Waals surface area contributed by atoms with Gasteiger partial charge in [0.25, 0.3) is 0 Å². The molecule has 8 rings (SSSR count). The maximum absolute atomic E-state index is 5.14. The second-order valence-electron chi connectivity index (χ2n) is 11.4. The molecule has 0 amide bonds. The number of aryl methyl sites for hydroxylation is 2. The molecule has 0 unspecified atom stereocenters. The predicted octanol–water partition coefficient (Wildman–Crippen LogP) is 9.31. The van der Waals surface area contributed by atoms with Crippen LogP contribution in [0.2, 0.25) is 0 Å². The summed E-state index contributed by atoms with van der Waals surface area (Å²) in [6.07, 6.45) is 3.50. The molecule has 218 valence electrons. The van der Waals surface area contributed by atoms with Crippen molar-refractivity contribution in [2.24, 2.45) is 0 Å². The normalized spacial score (nSPS) is 11.3. The largest absolute Gasteiger partial charge is 0.265 e. The van der Waals surface area contributed by atoms with Crippen LogP contribution in [-0.4, -0.2) is 29.9 Å². The number of nitrogens with zero attached hydrogens (tertiary/aromatic N) is 6. The van der Waals surface area contributed by atoms with Gasteiger partial charge in [-0.1, -0.05) is 91.0 Å². The Kier molecular flexibility index (Phi) is 6.80. The van der Waals surface area contributed by atoms with E-state index in [1.54, 1.807) is 12.4 Å². The van der Waals surface area contributed by atoms with E-state index in [0.29, 0.717) is 17.5 Å². The van der Waals surface area contributed by atoms with Crippen molar-refractivity contribution in [1.29, 1.82) is 0 Å². The third-order valence-corrected chi connectivity index (χ3v) is 8.23. The van der Waals surface area contributed by atoms with E-state index in [9.17, 15) is 0 Å². The summed E-state index contributed by atoms with van der Waals surface area (Å²) in [5.41, 5.74) is 11.0. The smallest absolute Gasteiger partial charge is 0.164 e. The van der Waals surface area contributed by atoms with Gasteiger partial charge in [0.15, 0.2) is 17.5 Å². The lowest BCUT2D eigenvalue weighted by Gasteiger charge is -2.11. The molecule has 4 aromatic heterocycles. The number of hydrogen-bond acceptors (Lipinski definition) is 6. The van der Waals surface area contributed by atoms with Crippen molar-refractivity contribution in [1.82, 2.24) is 29.9 Å². The maximum Gasteiger partial charge on any atom is 0.164 e. The first-order chi connectivity index (χ1) is 22.6.